The van der Waals surface area contributed by atoms with Gasteiger partial charge in [0.1, 0.15) is 17.7 Å². The van der Waals surface area contributed by atoms with Gasteiger partial charge in [-0.2, -0.15) is 0 Å². The number of benzene rings is 1. The van der Waals surface area contributed by atoms with E-state index in [-0.39, 0.29) is 6.10 Å². The lowest BCUT2D eigenvalue weighted by Crippen LogP contribution is -2.42. The number of ether oxygens (including phenoxy) is 2. The highest BCUT2D eigenvalue weighted by Gasteiger charge is 2.42. The molecule has 2 fully saturated rings. The molecule has 1 saturated carbocycles. The normalized spacial score (nSPS) is 27.9. The van der Waals surface area contributed by atoms with Crippen molar-refractivity contribution >= 4 is 5.97 Å². The minimum atomic E-state index is -0.503. The van der Waals surface area contributed by atoms with Crippen molar-refractivity contribution in [3.8, 4) is 5.75 Å². The Balaban J connectivity index is 1.39. The van der Waals surface area contributed by atoms with Crippen LogP contribution in [0.2, 0.25) is 0 Å². The predicted molar refractivity (Wildman–Crippen MR) is 98.3 cm³/mol. The third-order valence-electron chi connectivity index (χ3n) is 5.63. The van der Waals surface area contributed by atoms with E-state index < -0.39 is 12.1 Å². The van der Waals surface area contributed by atoms with Crippen molar-refractivity contribution in [1.29, 1.82) is 0 Å². The van der Waals surface area contributed by atoms with Crippen LogP contribution in [0.15, 0.2) is 36.7 Å². The second kappa shape index (κ2) is 7.70. The van der Waals surface area contributed by atoms with Crippen LogP contribution in [0, 0.1) is 11.8 Å². The number of hydrogen-bond acceptors (Lipinski definition) is 6. The first kappa shape index (κ1) is 18.0. The molecule has 4 atom stereocenters. The third kappa shape index (κ3) is 3.99. The molecule has 1 aromatic carbocycles. The van der Waals surface area contributed by atoms with Gasteiger partial charge in [-0.3, -0.25) is 4.90 Å². The fourth-order valence-electron chi connectivity index (χ4n) is 4.33. The van der Waals surface area contributed by atoms with Gasteiger partial charge in [0.2, 0.25) is 0 Å². The first-order chi connectivity index (χ1) is 13.1. The minimum Gasteiger partial charge on any atom is -0.488 e. The van der Waals surface area contributed by atoms with Crippen LogP contribution in [-0.4, -0.2) is 58.4 Å². The number of nitrogens with zero attached hydrogens (tertiary/aromatic N) is 2. The quantitative estimate of drug-likeness (QED) is 0.780. The number of fused-ring (bicyclic) bond motifs is 1. The number of rotatable bonds is 5. The average molecular weight is 371 g/mol. The van der Waals surface area contributed by atoms with E-state index >= 15 is 0 Å². The summed E-state index contributed by atoms with van der Waals surface area (Å²) in [5.41, 5.74) is 0.448. The number of carbonyl (C=O) groups is 1. The maximum absolute atomic E-state index is 11.7. The number of aliphatic hydroxyl groups excluding tert-OH is 1. The maximum Gasteiger partial charge on any atom is 0.337 e. The summed E-state index contributed by atoms with van der Waals surface area (Å²) >= 11 is 0. The van der Waals surface area contributed by atoms with E-state index in [1.54, 1.807) is 24.4 Å². The lowest BCUT2D eigenvalue weighted by atomic mass is 9.78. The Hall–Kier alpha value is -2.38. The van der Waals surface area contributed by atoms with Gasteiger partial charge in [-0.15, -0.1) is 0 Å². The van der Waals surface area contributed by atoms with Crippen molar-refractivity contribution in [2.24, 2.45) is 11.8 Å². The smallest absolute Gasteiger partial charge is 0.337 e. The molecule has 2 aliphatic rings. The number of hydrogen-bond donors (Lipinski definition) is 2. The molecule has 144 valence electrons. The lowest BCUT2D eigenvalue weighted by molar-refractivity contribution is -0.0231. The van der Waals surface area contributed by atoms with Gasteiger partial charge in [0.05, 0.1) is 25.3 Å². The van der Waals surface area contributed by atoms with E-state index in [1.165, 1.54) is 7.11 Å². The molecule has 27 heavy (non-hydrogen) atoms. The fraction of sp³-hybridized carbons (Fsp3) is 0.500. The van der Waals surface area contributed by atoms with Crippen molar-refractivity contribution in [3.63, 3.8) is 0 Å². The largest absolute Gasteiger partial charge is 0.488 e. The van der Waals surface area contributed by atoms with E-state index in [1.807, 2.05) is 12.3 Å². The van der Waals surface area contributed by atoms with Crippen molar-refractivity contribution in [2.45, 2.75) is 31.6 Å². The number of esters is 1. The Morgan fingerprint density at radius 3 is 2.89 bits per heavy atom. The minimum absolute atomic E-state index is 0.261. The molecule has 0 unspecified atom stereocenters. The summed E-state index contributed by atoms with van der Waals surface area (Å²) in [7, 11) is 1.36. The summed E-state index contributed by atoms with van der Waals surface area (Å²) in [4.78, 5) is 21.5. The van der Waals surface area contributed by atoms with Gasteiger partial charge in [-0.25, -0.2) is 9.78 Å². The number of aliphatic hydroxyl groups is 1. The van der Waals surface area contributed by atoms with E-state index in [4.69, 9.17) is 9.47 Å². The van der Waals surface area contributed by atoms with Crippen LogP contribution in [-0.2, 0) is 11.3 Å². The highest BCUT2D eigenvalue weighted by Crippen LogP contribution is 2.38. The van der Waals surface area contributed by atoms with Crippen molar-refractivity contribution in [3.05, 3.63) is 48.0 Å². The second-order valence-corrected chi connectivity index (χ2v) is 7.46. The molecule has 0 amide bonds. The van der Waals surface area contributed by atoms with Gasteiger partial charge in [-0.1, -0.05) is 6.07 Å². The zero-order valence-corrected chi connectivity index (χ0v) is 15.4. The number of aromatic nitrogens is 2. The number of carbonyl (C=O) groups excluding carboxylic acids is 1. The van der Waals surface area contributed by atoms with Crippen molar-refractivity contribution in [2.75, 3.05) is 20.2 Å². The van der Waals surface area contributed by atoms with Gasteiger partial charge < -0.3 is 19.6 Å². The number of H-pyrrole nitrogens is 1. The molecule has 7 heteroatoms. The van der Waals surface area contributed by atoms with Crippen LogP contribution < -0.4 is 4.74 Å². The van der Waals surface area contributed by atoms with Crippen molar-refractivity contribution in [1.82, 2.24) is 14.9 Å². The molecule has 0 spiro atoms. The monoisotopic (exact) mass is 371 g/mol. The Morgan fingerprint density at radius 1 is 1.33 bits per heavy atom. The summed E-state index contributed by atoms with van der Waals surface area (Å²) in [6, 6.07) is 6.93. The van der Waals surface area contributed by atoms with E-state index in [2.05, 4.69) is 14.9 Å². The molecule has 2 heterocycles. The molecular weight excluding hydrogens is 346 g/mol. The Bertz CT molecular complexity index is 779. The summed E-state index contributed by atoms with van der Waals surface area (Å²) in [6.45, 7) is 2.77. The van der Waals surface area contributed by atoms with Crippen LogP contribution in [0.5, 0.6) is 5.75 Å². The molecule has 1 aliphatic carbocycles. The summed E-state index contributed by atoms with van der Waals surface area (Å²) in [5, 5.41) is 10.6. The molecular formula is C20H25N3O4. The SMILES string of the molecule is COC(=O)c1cccc(O[C@@H]2C[C@@H]3CN(Cc4ncc[nH]4)C[C@@H]3C[C@H]2O)c1. The summed E-state index contributed by atoms with van der Waals surface area (Å²) in [6.07, 6.45) is 4.39. The van der Waals surface area contributed by atoms with Crippen LogP contribution in [0.3, 0.4) is 0 Å². The molecule has 1 saturated heterocycles. The van der Waals surface area contributed by atoms with Crippen molar-refractivity contribution < 1.29 is 19.4 Å². The molecule has 0 bridgehead atoms. The number of likely N-dealkylation sites (tertiary alicyclic amines) is 1. The Morgan fingerprint density at radius 2 is 2.15 bits per heavy atom. The van der Waals surface area contributed by atoms with E-state index in [0.29, 0.717) is 23.1 Å². The van der Waals surface area contributed by atoms with E-state index in [9.17, 15) is 9.90 Å². The number of nitrogens with one attached hydrogen (secondary N) is 1. The maximum atomic E-state index is 11.7. The zero-order valence-electron chi connectivity index (χ0n) is 15.4. The highest BCUT2D eigenvalue weighted by molar-refractivity contribution is 5.89. The zero-order chi connectivity index (χ0) is 18.8. The van der Waals surface area contributed by atoms with Gasteiger partial charge in [0.25, 0.3) is 0 Å². The summed E-state index contributed by atoms with van der Waals surface area (Å²) in [5.74, 6) is 2.15. The average Bonchev–Trinajstić information content (AvgIpc) is 3.31. The molecule has 1 aliphatic heterocycles. The number of methoxy groups -OCH3 is 1. The van der Waals surface area contributed by atoms with Gasteiger partial charge in [-0.05, 0) is 42.9 Å². The predicted octanol–water partition coefficient (Wildman–Crippen LogP) is 1.85. The lowest BCUT2D eigenvalue weighted by Gasteiger charge is -2.35. The Labute approximate surface area is 158 Å². The third-order valence-corrected chi connectivity index (χ3v) is 5.63. The Kier molecular flexibility index (Phi) is 5.13. The van der Waals surface area contributed by atoms with Crippen LogP contribution in [0.4, 0.5) is 0 Å². The van der Waals surface area contributed by atoms with E-state index in [0.717, 1.165) is 38.3 Å². The van der Waals surface area contributed by atoms with Crippen LogP contribution >= 0.6 is 0 Å². The van der Waals surface area contributed by atoms with Gasteiger partial charge in [0.15, 0.2) is 0 Å². The van der Waals surface area contributed by atoms with Crippen LogP contribution in [0.1, 0.15) is 29.0 Å². The molecule has 2 N–H and O–H groups in total. The topological polar surface area (TPSA) is 87.7 Å². The van der Waals surface area contributed by atoms with Gasteiger partial charge >= 0.3 is 5.97 Å². The second-order valence-electron chi connectivity index (χ2n) is 7.46. The fourth-order valence-corrected chi connectivity index (χ4v) is 4.33. The van der Waals surface area contributed by atoms with Crippen LogP contribution in [0.25, 0.3) is 0 Å². The standard InChI is InChI=1S/C20H25N3O4/c1-26-20(25)13-3-2-4-16(7-13)27-18-9-15-11-23(10-14(15)8-17(18)24)12-19-21-5-6-22-19/h2-7,14-15,17-18,24H,8-12H2,1H3,(H,21,22)/t14-,15+,17+,18+/m0/s1. The van der Waals surface area contributed by atoms with Gasteiger partial charge in [0, 0.05) is 25.5 Å². The molecule has 2 aromatic rings. The molecule has 0 radical (unpaired) electrons. The molecule has 1 aromatic heterocycles. The molecule has 4 rings (SSSR count). The summed E-state index contributed by atoms with van der Waals surface area (Å²) < 4.78 is 10.8. The highest BCUT2D eigenvalue weighted by atomic mass is 16.5. The first-order valence-electron chi connectivity index (χ1n) is 9.36. The molecule has 7 nitrogen and oxygen atoms in total. The number of aromatic amines is 1. The first-order valence-corrected chi connectivity index (χ1v) is 9.36. The number of imidazole rings is 1.